The highest BCUT2D eigenvalue weighted by atomic mass is 16.5. The number of pyridine rings is 1. The highest BCUT2D eigenvalue weighted by molar-refractivity contribution is 5.60. The molecule has 1 fully saturated rings. The highest BCUT2D eigenvalue weighted by Gasteiger charge is 2.23. The van der Waals surface area contributed by atoms with Gasteiger partial charge in [-0.2, -0.15) is 0 Å². The summed E-state index contributed by atoms with van der Waals surface area (Å²) in [7, 11) is 2.13. The normalized spacial score (nSPS) is 20.1. The first-order chi connectivity index (χ1) is 12.6. The van der Waals surface area contributed by atoms with Crippen LogP contribution in [0, 0.1) is 19.8 Å². The van der Waals surface area contributed by atoms with Crippen LogP contribution < -0.4 is 9.64 Å². The van der Waals surface area contributed by atoms with Crippen molar-refractivity contribution in [3.8, 4) is 5.75 Å². The number of fused-ring (bicyclic) bond motifs is 1. The van der Waals surface area contributed by atoms with Crippen LogP contribution in [-0.2, 0) is 13.0 Å². The molecule has 0 unspecified atom stereocenters. The molecule has 0 radical (unpaired) electrons. The van der Waals surface area contributed by atoms with E-state index in [1.54, 1.807) is 0 Å². The number of benzene rings is 1. The fourth-order valence-electron chi connectivity index (χ4n) is 4.35. The van der Waals surface area contributed by atoms with E-state index in [0.29, 0.717) is 0 Å². The van der Waals surface area contributed by atoms with Crippen LogP contribution in [0.3, 0.4) is 0 Å². The van der Waals surface area contributed by atoms with Crippen molar-refractivity contribution in [1.29, 1.82) is 0 Å². The lowest BCUT2D eigenvalue weighted by atomic mass is 9.98. The Kier molecular flexibility index (Phi) is 4.86. The van der Waals surface area contributed by atoms with E-state index in [9.17, 15) is 0 Å². The molecule has 4 nitrogen and oxygen atoms in total. The minimum atomic E-state index is 0.746. The molecule has 2 aliphatic heterocycles. The Morgan fingerprint density at radius 1 is 1.08 bits per heavy atom. The van der Waals surface area contributed by atoms with Crippen LogP contribution in [0.4, 0.5) is 5.69 Å². The molecule has 0 bridgehead atoms. The molecule has 4 heteroatoms. The molecule has 1 atom stereocenters. The molecule has 1 aromatic carbocycles. The summed E-state index contributed by atoms with van der Waals surface area (Å²) in [5, 5.41) is 0. The summed E-state index contributed by atoms with van der Waals surface area (Å²) in [5.41, 5.74) is 6.27. The van der Waals surface area contributed by atoms with Crippen molar-refractivity contribution in [3.05, 3.63) is 52.8 Å². The average molecular weight is 351 g/mol. The third kappa shape index (κ3) is 3.85. The molecular weight excluding hydrogens is 322 g/mol. The molecule has 0 saturated carbocycles. The van der Waals surface area contributed by atoms with Gasteiger partial charge in [-0.1, -0.05) is 6.07 Å². The maximum Gasteiger partial charge on any atom is 0.143 e. The second-order valence-corrected chi connectivity index (χ2v) is 7.92. The number of hydrogen-bond acceptors (Lipinski definition) is 4. The lowest BCUT2D eigenvalue weighted by Crippen LogP contribution is -2.29. The number of aromatic nitrogens is 1. The number of likely N-dealkylation sites (N-methyl/N-ethyl adjacent to an activating group) is 1. The first-order valence-corrected chi connectivity index (χ1v) is 9.70. The van der Waals surface area contributed by atoms with Gasteiger partial charge in [0.05, 0.1) is 12.2 Å². The molecule has 0 amide bonds. The van der Waals surface area contributed by atoms with E-state index in [0.717, 1.165) is 42.8 Å². The van der Waals surface area contributed by atoms with Gasteiger partial charge < -0.3 is 9.64 Å². The molecular formula is C22H29N3O. The molecule has 2 aromatic rings. The molecule has 1 saturated heterocycles. The summed E-state index contributed by atoms with van der Waals surface area (Å²) in [6.07, 6.45) is 2.45. The zero-order valence-corrected chi connectivity index (χ0v) is 16.2. The van der Waals surface area contributed by atoms with Gasteiger partial charge in [0.2, 0.25) is 0 Å². The lowest BCUT2D eigenvalue weighted by molar-refractivity contribution is 0.304. The Morgan fingerprint density at radius 2 is 1.88 bits per heavy atom. The molecule has 26 heavy (non-hydrogen) atoms. The van der Waals surface area contributed by atoms with Gasteiger partial charge in [-0.3, -0.25) is 9.88 Å². The predicted octanol–water partition coefficient (Wildman–Crippen LogP) is 3.59. The smallest absolute Gasteiger partial charge is 0.143 e. The maximum absolute atomic E-state index is 5.86. The van der Waals surface area contributed by atoms with Crippen LogP contribution in [0.5, 0.6) is 5.75 Å². The summed E-state index contributed by atoms with van der Waals surface area (Å²) < 4.78 is 5.86. The summed E-state index contributed by atoms with van der Waals surface area (Å²) in [4.78, 5) is 9.35. The Balaban J connectivity index is 1.37. The number of anilines is 1. The summed E-state index contributed by atoms with van der Waals surface area (Å²) in [6.45, 7) is 9.31. The average Bonchev–Trinajstić information content (AvgIpc) is 3.01. The molecule has 0 N–H and O–H groups in total. The summed E-state index contributed by atoms with van der Waals surface area (Å²) in [6, 6.07) is 11.2. The van der Waals surface area contributed by atoms with Crippen LogP contribution in [0.15, 0.2) is 30.3 Å². The van der Waals surface area contributed by atoms with E-state index in [2.05, 4.69) is 66.0 Å². The van der Waals surface area contributed by atoms with Crippen molar-refractivity contribution in [2.45, 2.75) is 33.2 Å². The van der Waals surface area contributed by atoms with Gasteiger partial charge in [-0.25, -0.2) is 0 Å². The fourth-order valence-corrected chi connectivity index (χ4v) is 4.35. The van der Waals surface area contributed by atoms with Crippen molar-refractivity contribution in [2.24, 2.45) is 5.92 Å². The van der Waals surface area contributed by atoms with Crippen molar-refractivity contribution in [2.75, 3.05) is 38.2 Å². The zero-order valence-electron chi connectivity index (χ0n) is 16.2. The first kappa shape index (κ1) is 17.3. The Morgan fingerprint density at radius 3 is 2.69 bits per heavy atom. The molecule has 3 heterocycles. The zero-order chi connectivity index (χ0) is 18.1. The summed E-state index contributed by atoms with van der Waals surface area (Å²) in [5.74, 6) is 1.78. The number of aryl methyl sites for hydroxylation is 2. The van der Waals surface area contributed by atoms with Gasteiger partial charge in [0, 0.05) is 31.5 Å². The number of rotatable bonds is 4. The molecule has 1 aromatic heterocycles. The second kappa shape index (κ2) is 7.28. The lowest BCUT2D eigenvalue weighted by Gasteiger charge is -2.28. The van der Waals surface area contributed by atoms with Gasteiger partial charge in [0.25, 0.3) is 0 Å². The minimum Gasteiger partial charge on any atom is -0.490 e. The third-order valence-corrected chi connectivity index (χ3v) is 5.56. The number of likely N-dealkylation sites (tertiary alicyclic amines) is 1. The van der Waals surface area contributed by atoms with Gasteiger partial charge >= 0.3 is 0 Å². The highest BCUT2D eigenvalue weighted by Crippen LogP contribution is 2.32. The van der Waals surface area contributed by atoms with E-state index in [4.69, 9.17) is 4.74 Å². The Labute approximate surface area is 156 Å². The van der Waals surface area contributed by atoms with Gasteiger partial charge in [-0.15, -0.1) is 0 Å². The SMILES string of the molecule is Cc1cc(C[C@H]2CCN(Cc3ccc4c(c3)OCCN4C)C2)cc(C)n1. The second-order valence-electron chi connectivity index (χ2n) is 7.92. The van der Waals surface area contributed by atoms with Crippen molar-refractivity contribution >= 4 is 5.69 Å². The molecule has 0 spiro atoms. The molecule has 2 aliphatic rings. The van der Waals surface area contributed by atoms with Crippen molar-refractivity contribution in [3.63, 3.8) is 0 Å². The van der Waals surface area contributed by atoms with Crippen LogP contribution >= 0.6 is 0 Å². The van der Waals surface area contributed by atoms with E-state index in [1.807, 2.05) is 0 Å². The third-order valence-electron chi connectivity index (χ3n) is 5.56. The van der Waals surface area contributed by atoms with Gasteiger partial charge in [-0.05, 0) is 74.5 Å². The number of ether oxygens (including phenoxy) is 1. The molecule has 4 rings (SSSR count). The van der Waals surface area contributed by atoms with E-state index in [1.165, 1.54) is 42.7 Å². The standard InChI is InChI=1S/C22H29N3O/c1-16-10-20(11-17(2)23-16)12-19-6-7-25(15-19)14-18-4-5-21-22(13-18)26-9-8-24(21)3/h4-5,10-11,13,19H,6-9,12,14-15H2,1-3H3/t19-/m1/s1. The fraction of sp³-hybridized carbons (Fsp3) is 0.500. The molecule has 138 valence electrons. The van der Waals surface area contributed by atoms with E-state index >= 15 is 0 Å². The minimum absolute atomic E-state index is 0.746. The first-order valence-electron chi connectivity index (χ1n) is 9.70. The summed E-state index contributed by atoms with van der Waals surface area (Å²) >= 11 is 0. The van der Waals surface area contributed by atoms with Gasteiger partial charge in [0.1, 0.15) is 12.4 Å². The monoisotopic (exact) mass is 351 g/mol. The topological polar surface area (TPSA) is 28.6 Å². The van der Waals surface area contributed by atoms with Crippen molar-refractivity contribution in [1.82, 2.24) is 9.88 Å². The van der Waals surface area contributed by atoms with Crippen LogP contribution in [-0.4, -0.2) is 43.2 Å². The maximum atomic E-state index is 5.86. The Hall–Kier alpha value is -2.07. The van der Waals surface area contributed by atoms with Crippen LogP contribution in [0.2, 0.25) is 0 Å². The van der Waals surface area contributed by atoms with Crippen LogP contribution in [0.25, 0.3) is 0 Å². The van der Waals surface area contributed by atoms with Crippen LogP contribution in [0.1, 0.15) is 28.9 Å². The van der Waals surface area contributed by atoms with Crippen molar-refractivity contribution < 1.29 is 4.74 Å². The number of hydrogen-bond donors (Lipinski definition) is 0. The predicted molar refractivity (Wildman–Crippen MR) is 106 cm³/mol. The van der Waals surface area contributed by atoms with Gasteiger partial charge in [0.15, 0.2) is 0 Å². The van der Waals surface area contributed by atoms with E-state index in [-0.39, 0.29) is 0 Å². The largest absolute Gasteiger partial charge is 0.490 e. The van der Waals surface area contributed by atoms with E-state index < -0.39 is 0 Å². The quantitative estimate of drug-likeness (QED) is 0.842. The number of nitrogens with zero attached hydrogens (tertiary/aromatic N) is 3. The molecule has 0 aliphatic carbocycles. The Bertz CT molecular complexity index is 769.